The molecule has 0 bridgehead atoms. The maximum Gasteiger partial charge on any atom is 2.00 e. The van der Waals surface area contributed by atoms with Gasteiger partial charge in [-0.05, 0) is 0 Å². The maximum atomic E-state index is 2.39. The second kappa shape index (κ2) is 17.6. The van der Waals surface area contributed by atoms with Crippen LogP contribution in [0.15, 0.2) is 0 Å². The summed E-state index contributed by atoms with van der Waals surface area (Å²) in [6.07, 6.45) is 19.0. The average Bonchev–Trinajstić information content (AvgIpc) is 2.24. The van der Waals surface area contributed by atoms with Crippen LogP contribution in [-0.2, 0) is 44.4 Å². The van der Waals surface area contributed by atoms with Gasteiger partial charge >= 0.3 is 39.0 Å². The summed E-state index contributed by atoms with van der Waals surface area (Å²) in [4.78, 5) is 0. The monoisotopic (exact) mass is 310 g/mol. The molecule has 0 spiro atoms. The first-order chi connectivity index (χ1) is 6.00. The van der Waals surface area contributed by atoms with Gasteiger partial charge in [0, 0.05) is 0 Å². The Bertz CT molecular complexity index is 56.6. The topological polar surface area (TPSA) is 28.5 Å². The Morgan fingerprint density at radius 2 is 0.733 bits per heavy atom. The van der Waals surface area contributed by atoms with Gasteiger partial charge in [0.15, 0.2) is 0 Å². The molecule has 0 heterocycles. The van der Waals surface area contributed by atoms with E-state index in [-0.39, 0.29) is 44.4 Å². The molecule has 0 unspecified atom stereocenters. The van der Waals surface area contributed by atoms with Crippen molar-refractivity contribution in [3.63, 3.8) is 0 Å². The molecule has 2 aliphatic carbocycles. The van der Waals surface area contributed by atoms with Crippen molar-refractivity contribution in [1.82, 2.24) is 0 Å². The van der Waals surface area contributed by atoms with Gasteiger partial charge in [-0.1, -0.05) is 38.5 Å². The third-order valence-electron chi connectivity index (χ3n) is 2.63. The van der Waals surface area contributed by atoms with Crippen LogP contribution in [0.25, 0.3) is 0 Å². The van der Waals surface area contributed by atoms with Crippen molar-refractivity contribution >= 4 is 0 Å². The standard InChI is InChI=1S/2C6H11.O.2Zn/c2*1-2-4-6-5-3-1;;;/h2*1H,2-6H2;;;/q2*-1;-2;2*+2. The largest absolute Gasteiger partial charge is 2.00 e. The minimum atomic E-state index is 0. The van der Waals surface area contributed by atoms with E-state index in [4.69, 9.17) is 0 Å². The third-order valence-corrected chi connectivity index (χ3v) is 2.63. The quantitative estimate of drug-likeness (QED) is 0.474. The predicted octanol–water partition coefficient (Wildman–Crippen LogP) is 4.19. The molecule has 0 aromatic heterocycles. The van der Waals surface area contributed by atoms with Crippen molar-refractivity contribution in [2.24, 2.45) is 0 Å². The van der Waals surface area contributed by atoms with E-state index < -0.39 is 0 Å². The average molecular weight is 313 g/mol. The minimum Gasteiger partial charge on any atom is -2.00 e. The molecule has 0 N–H and O–H groups in total. The summed E-state index contributed by atoms with van der Waals surface area (Å²) in [5, 5.41) is 0. The van der Waals surface area contributed by atoms with Crippen LogP contribution in [0.1, 0.15) is 64.2 Å². The summed E-state index contributed by atoms with van der Waals surface area (Å²) in [6, 6.07) is 0. The van der Waals surface area contributed by atoms with Gasteiger partial charge in [0.25, 0.3) is 0 Å². The van der Waals surface area contributed by atoms with Gasteiger partial charge in [-0.3, -0.25) is 0 Å². The zero-order valence-corrected chi connectivity index (χ0v) is 16.0. The molecule has 3 heteroatoms. The summed E-state index contributed by atoms with van der Waals surface area (Å²) in [6.45, 7) is 0. The van der Waals surface area contributed by atoms with Crippen LogP contribution in [0.5, 0.6) is 0 Å². The summed E-state index contributed by atoms with van der Waals surface area (Å²) in [5.41, 5.74) is 0. The molecule has 2 rings (SSSR count). The fraction of sp³-hybridized carbons (Fsp3) is 0.833. The number of hydrogen-bond acceptors (Lipinski definition) is 0. The normalized spacial score (nSPS) is 19.2. The molecular weight excluding hydrogens is 291 g/mol. The second-order valence-corrected chi connectivity index (χ2v) is 3.85. The molecule has 2 saturated carbocycles. The van der Waals surface area contributed by atoms with E-state index in [9.17, 15) is 0 Å². The van der Waals surface area contributed by atoms with Gasteiger partial charge < -0.3 is 18.3 Å². The smallest absolute Gasteiger partial charge is 2.00 e. The van der Waals surface area contributed by atoms with Crippen molar-refractivity contribution < 1.29 is 44.4 Å². The molecule has 0 aromatic carbocycles. The molecule has 0 amide bonds. The molecule has 1 nitrogen and oxygen atoms in total. The second-order valence-electron chi connectivity index (χ2n) is 3.85. The Morgan fingerprint density at radius 1 is 0.467 bits per heavy atom. The van der Waals surface area contributed by atoms with Crippen LogP contribution in [0.4, 0.5) is 0 Å². The fourth-order valence-electron chi connectivity index (χ4n) is 1.80. The molecule has 2 aliphatic rings. The van der Waals surface area contributed by atoms with Gasteiger partial charge in [0.2, 0.25) is 0 Å². The minimum absolute atomic E-state index is 0. The fourth-order valence-corrected chi connectivity index (χ4v) is 1.80. The van der Waals surface area contributed by atoms with Crippen molar-refractivity contribution in [3.05, 3.63) is 12.8 Å². The van der Waals surface area contributed by atoms with Gasteiger partial charge in [0.1, 0.15) is 0 Å². The van der Waals surface area contributed by atoms with Crippen LogP contribution in [-0.4, -0.2) is 0 Å². The Kier molecular flexibility index (Phi) is 25.2. The van der Waals surface area contributed by atoms with Crippen LogP contribution in [0.2, 0.25) is 0 Å². The van der Waals surface area contributed by atoms with E-state index in [0.29, 0.717) is 0 Å². The Labute approximate surface area is 121 Å². The molecule has 0 saturated heterocycles. The van der Waals surface area contributed by atoms with Crippen LogP contribution in [0, 0.1) is 12.8 Å². The molecule has 15 heavy (non-hydrogen) atoms. The van der Waals surface area contributed by atoms with E-state index in [1.54, 1.807) is 0 Å². The van der Waals surface area contributed by atoms with Crippen LogP contribution in [0.3, 0.4) is 0 Å². The zero-order chi connectivity index (χ0) is 8.49. The first-order valence-electron chi connectivity index (χ1n) is 5.63. The van der Waals surface area contributed by atoms with Crippen LogP contribution < -0.4 is 0 Å². The Hall–Kier alpha value is 1.21. The predicted molar refractivity (Wildman–Crippen MR) is 55.5 cm³/mol. The SMILES string of the molecule is [CH-]1CCCCC1.[CH-]1CCCCC1.[O-2].[Zn+2].[Zn+2]. The first-order valence-corrected chi connectivity index (χ1v) is 5.63. The summed E-state index contributed by atoms with van der Waals surface area (Å²) in [5.74, 6) is 0. The number of rotatable bonds is 0. The van der Waals surface area contributed by atoms with Crippen molar-refractivity contribution in [1.29, 1.82) is 0 Å². The molecule has 80 valence electrons. The summed E-state index contributed by atoms with van der Waals surface area (Å²) in [7, 11) is 0. The van der Waals surface area contributed by atoms with Crippen molar-refractivity contribution in [2.75, 3.05) is 0 Å². The molecule has 0 aliphatic heterocycles. The van der Waals surface area contributed by atoms with E-state index in [0.717, 1.165) is 0 Å². The molecule has 0 aromatic rings. The molecule has 0 radical (unpaired) electrons. The molecule has 0 atom stereocenters. The third kappa shape index (κ3) is 15.2. The first kappa shape index (κ1) is 21.5. The van der Waals surface area contributed by atoms with Gasteiger partial charge in [-0.2, -0.15) is 25.7 Å². The molecular formula is C12H22OZn2. The van der Waals surface area contributed by atoms with E-state index in [2.05, 4.69) is 12.8 Å². The van der Waals surface area contributed by atoms with Gasteiger partial charge in [-0.25, -0.2) is 0 Å². The van der Waals surface area contributed by atoms with Crippen molar-refractivity contribution in [2.45, 2.75) is 64.2 Å². The Balaban J connectivity index is -0.000000160. The van der Waals surface area contributed by atoms with E-state index >= 15 is 0 Å². The van der Waals surface area contributed by atoms with E-state index in [1.165, 1.54) is 64.2 Å². The zero-order valence-electron chi connectivity index (χ0n) is 10.0. The summed E-state index contributed by atoms with van der Waals surface area (Å²) < 4.78 is 0. The number of hydrogen-bond donors (Lipinski definition) is 0. The maximum absolute atomic E-state index is 2.39. The van der Waals surface area contributed by atoms with Crippen molar-refractivity contribution in [3.8, 4) is 0 Å². The van der Waals surface area contributed by atoms with Crippen LogP contribution >= 0.6 is 0 Å². The summed E-state index contributed by atoms with van der Waals surface area (Å²) >= 11 is 0. The Morgan fingerprint density at radius 3 is 0.800 bits per heavy atom. The van der Waals surface area contributed by atoms with E-state index in [1.807, 2.05) is 0 Å². The van der Waals surface area contributed by atoms with Gasteiger partial charge in [0.05, 0.1) is 0 Å². The molecule has 2 fully saturated rings. The van der Waals surface area contributed by atoms with Gasteiger partial charge in [-0.15, -0.1) is 0 Å².